The molecule has 1 fully saturated rings. The molecule has 2 aromatic carbocycles. The van der Waals surface area contributed by atoms with Crippen LogP contribution in [0.5, 0.6) is 0 Å². The molecule has 0 N–H and O–H groups in total. The molecule has 0 aliphatic carbocycles. The molecule has 0 saturated carbocycles. The van der Waals surface area contributed by atoms with Gasteiger partial charge in [-0.3, -0.25) is 0 Å². The van der Waals surface area contributed by atoms with Gasteiger partial charge in [-0.25, -0.2) is 6.57 Å². The molecule has 0 radical (unpaired) electrons. The lowest BCUT2D eigenvalue weighted by molar-refractivity contribution is 0.216. The van der Waals surface area contributed by atoms with E-state index in [0.29, 0.717) is 0 Å². The van der Waals surface area contributed by atoms with Gasteiger partial charge in [-0.2, -0.15) is 0 Å². The van der Waals surface area contributed by atoms with Crippen LogP contribution in [0.1, 0.15) is 18.4 Å². The number of piperidine rings is 1. The molecule has 1 saturated heterocycles. The van der Waals surface area contributed by atoms with Crippen molar-refractivity contribution < 1.29 is 0 Å². The van der Waals surface area contributed by atoms with E-state index in [1.165, 1.54) is 16.7 Å². The van der Waals surface area contributed by atoms with Crippen LogP contribution in [-0.2, 0) is 5.54 Å². The summed E-state index contributed by atoms with van der Waals surface area (Å²) in [6, 6.07) is 18.9. The van der Waals surface area contributed by atoms with E-state index in [1.807, 2.05) is 6.07 Å². The summed E-state index contributed by atoms with van der Waals surface area (Å²) in [6.45, 7) is 9.73. The molecule has 2 nitrogen and oxygen atoms in total. The topological polar surface area (TPSA) is 7.60 Å². The number of benzene rings is 2. The Bertz CT molecular complexity index is 647. The van der Waals surface area contributed by atoms with Crippen molar-refractivity contribution >= 4 is 0 Å². The van der Waals surface area contributed by atoms with Gasteiger partial charge in [0.15, 0.2) is 0 Å². The van der Waals surface area contributed by atoms with Crippen LogP contribution in [0, 0.1) is 6.57 Å². The van der Waals surface area contributed by atoms with E-state index in [4.69, 9.17) is 6.57 Å². The molecular formula is C19H20N2. The Morgan fingerprint density at radius 1 is 0.952 bits per heavy atom. The zero-order valence-electron chi connectivity index (χ0n) is 12.4. The summed E-state index contributed by atoms with van der Waals surface area (Å²) in [7, 11) is 2.13. The first-order valence-electron chi connectivity index (χ1n) is 7.47. The summed E-state index contributed by atoms with van der Waals surface area (Å²) >= 11 is 0. The lowest BCUT2D eigenvalue weighted by atomic mass is 9.81. The number of hydrogen-bond donors (Lipinski definition) is 0. The number of likely N-dealkylation sites (tertiary alicyclic amines) is 1. The van der Waals surface area contributed by atoms with Gasteiger partial charge in [0.1, 0.15) is 0 Å². The highest BCUT2D eigenvalue weighted by Gasteiger charge is 2.41. The number of rotatable bonds is 2. The molecule has 3 rings (SSSR count). The quantitative estimate of drug-likeness (QED) is 0.746. The van der Waals surface area contributed by atoms with Crippen LogP contribution in [0.3, 0.4) is 0 Å². The Morgan fingerprint density at radius 3 is 2.29 bits per heavy atom. The van der Waals surface area contributed by atoms with E-state index < -0.39 is 0 Å². The predicted octanol–water partition coefficient (Wildman–Crippen LogP) is 4.19. The molecule has 0 spiro atoms. The molecule has 2 aromatic rings. The van der Waals surface area contributed by atoms with Gasteiger partial charge in [0.2, 0.25) is 0 Å². The van der Waals surface area contributed by atoms with E-state index in [2.05, 4.69) is 65.3 Å². The summed E-state index contributed by atoms with van der Waals surface area (Å²) in [5.41, 5.74) is 3.26. The van der Waals surface area contributed by atoms with Crippen LogP contribution in [-0.4, -0.2) is 25.0 Å². The van der Waals surface area contributed by atoms with Gasteiger partial charge in [-0.1, -0.05) is 48.5 Å². The second-order valence-corrected chi connectivity index (χ2v) is 5.89. The second kappa shape index (κ2) is 5.71. The van der Waals surface area contributed by atoms with Crippen LogP contribution >= 0.6 is 0 Å². The molecule has 1 aliphatic rings. The first-order chi connectivity index (χ1) is 10.2. The maximum Gasteiger partial charge on any atom is 0.260 e. The van der Waals surface area contributed by atoms with E-state index in [-0.39, 0.29) is 5.54 Å². The Morgan fingerprint density at radius 2 is 1.62 bits per heavy atom. The third kappa shape index (κ3) is 2.70. The second-order valence-electron chi connectivity index (χ2n) is 5.89. The third-order valence-corrected chi connectivity index (χ3v) is 4.54. The SMILES string of the molecule is [C-]#[N+]C1(c2cccc(-c3ccccc3)c2)CCN(C)CC1. The Hall–Kier alpha value is -2.11. The molecule has 0 unspecified atom stereocenters. The zero-order valence-corrected chi connectivity index (χ0v) is 12.4. The monoisotopic (exact) mass is 276 g/mol. The van der Waals surface area contributed by atoms with E-state index in [1.54, 1.807) is 0 Å². The maximum absolute atomic E-state index is 7.73. The molecular weight excluding hydrogens is 256 g/mol. The van der Waals surface area contributed by atoms with Crippen molar-refractivity contribution in [2.45, 2.75) is 18.4 Å². The minimum Gasteiger partial charge on any atom is -0.306 e. The molecule has 0 aromatic heterocycles. The van der Waals surface area contributed by atoms with Gasteiger partial charge >= 0.3 is 0 Å². The average Bonchev–Trinajstić information content (AvgIpc) is 2.57. The molecule has 2 heteroatoms. The Labute approximate surface area is 126 Å². The van der Waals surface area contributed by atoms with Crippen molar-refractivity contribution in [2.75, 3.05) is 20.1 Å². The molecule has 0 bridgehead atoms. The summed E-state index contributed by atoms with van der Waals surface area (Å²) in [5.74, 6) is 0. The molecule has 1 aliphatic heterocycles. The van der Waals surface area contributed by atoms with Crippen LogP contribution in [0.2, 0.25) is 0 Å². The lowest BCUT2D eigenvalue weighted by Gasteiger charge is -2.32. The van der Waals surface area contributed by atoms with Crippen molar-refractivity contribution in [3.05, 3.63) is 71.6 Å². The maximum atomic E-state index is 7.73. The van der Waals surface area contributed by atoms with Gasteiger partial charge in [-0.15, -0.1) is 0 Å². The molecule has 106 valence electrons. The van der Waals surface area contributed by atoms with E-state index >= 15 is 0 Å². The fourth-order valence-corrected chi connectivity index (χ4v) is 3.07. The number of nitrogens with zero attached hydrogens (tertiary/aromatic N) is 2. The van der Waals surface area contributed by atoms with Gasteiger partial charge in [-0.05, 0) is 24.2 Å². The van der Waals surface area contributed by atoms with Gasteiger partial charge < -0.3 is 9.74 Å². The highest BCUT2D eigenvalue weighted by Crippen LogP contribution is 2.38. The average molecular weight is 276 g/mol. The van der Waals surface area contributed by atoms with Crippen molar-refractivity contribution in [1.29, 1.82) is 0 Å². The van der Waals surface area contributed by atoms with Crippen molar-refractivity contribution in [3.8, 4) is 11.1 Å². The first-order valence-corrected chi connectivity index (χ1v) is 7.47. The summed E-state index contributed by atoms with van der Waals surface area (Å²) in [4.78, 5) is 6.35. The molecule has 21 heavy (non-hydrogen) atoms. The van der Waals surface area contributed by atoms with Crippen molar-refractivity contribution in [1.82, 2.24) is 4.90 Å². The first kappa shape index (κ1) is 13.9. The highest BCUT2D eigenvalue weighted by atomic mass is 15.1. The van der Waals surface area contributed by atoms with Gasteiger partial charge in [0, 0.05) is 31.5 Å². The Kier molecular flexibility index (Phi) is 3.77. The third-order valence-electron chi connectivity index (χ3n) is 4.54. The minimum atomic E-state index is -0.336. The minimum absolute atomic E-state index is 0.336. The molecule has 0 atom stereocenters. The van der Waals surface area contributed by atoms with Crippen molar-refractivity contribution in [2.24, 2.45) is 0 Å². The summed E-state index contributed by atoms with van der Waals surface area (Å²) < 4.78 is 0. The number of hydrogen-bond acceptors (Lipinski definition) is 1. The fraction of sp³-hybridized carbons (Fsp3) is 0.316. The molecule has 0 amide bonds. The summed E-state index contributed by atoms with van der Waals surface area (Å²) in [6.07, 6.45) is 1.84. The van der Waals surface area contributed by atoms with E-state index in [0.717, 1.165) is 25.9 Å². The fourth-order valence-electron chi connectivity index (χ4n) is 3.07. The van der Waals surface area contributed by atoms with Gasteiger partial charge in [0.05, 0.1) is 0 Å². The zero-order chi connectivity index (χ0) is 14.7. The lowest BCUT2D eigenvalue weighted by Crippen LogP contribution is -2.38. The van der Waals surface area contributed by atoms with Crippen LogP contribution in [0.25, 0.3) is 16.0 Å². The normalized spacial score (nSPS) is 18.1. The smallest absolute Gasteiger partial charge is 0.260 e. The summed E-state index contributed by atoms with van der Waals surface area (Å²) in [5, 5.41) is 0. The van der Waals surface area contributed by atoms with Gasteiger partial charge in [0.25, 0.3) is 5.54 Å². The van der Waals surface area contributed by atoms with Crippen molar-refractivity contribution in [3.63, 3.8) is 0 Å². The Balaban J connectivity index is 1.98. The highest BCUT2D eigenvalue weighted by molar-refractivity contribution is 5.64. The van der Waals surface area contributed by atoms with Crippen LogP contribution < -0.4 is 0 Å². The standard InChI is InChI=1S/C19H20N2/c1-20-19(11-13-21(2)14-12-19)18-10-6-9-17(15-18)16-7-4-3-5-8-16/h3-10,15H,11-14H2,2H3. The van der Waals surface area contributed by atoms with E-state index in [9.17, 15) is 0 Å². The molecule has 1 heterocycles. The van der Waals surface area contributed by atoms with Crippen LogP contribution in [0.4, 0.5) is 0 Å². The predicted molar refractivity (Wildman–Crippen MR) is 86.9 cm³/mol. The largest absolute Gasteiger partial charge is 0.306 e. The van der Waals surface area contributed by atoms with Crippen LogP contribution in [0.15, 0.2) is 54.6 Å².